The summed E-state index contributed by atoms with van der Waals surface area (Å²) in [6, 6.07) is 3.47. The molecule has 0 aromatic carbocycles. The van der Waals surface area contributed by atoms with Crippen molar-refractivity contribution in [2.75, 3.05) is 5.43 Å². The van der Waals surface area contributed by atoms with Crippen LogP contribution in [0.3, 0.4) is 0 Å². The van der Waals surface area contributed by atoms with Crippen LogP contribution < -0.4 is 16.6 Å². The number of amides is 1. The number of carbonyl (C=O) groups excluding carboxylic acids is 1. The zero-order valence-electron chi connectivity index (χ0n) is 10.7. The number of nitrogen functional groups attached to an aromatic ring is 1. The van der Waals surface area contributed by atoms with Crippen LogP contribution in [0.15, 0.2) is 12.1 Å². The number of carbonyl (C=O) groups is 1. The third-order valence-electron chi connectivity index (χ3n) is 3.35. The van der Waals surface area contributed by atoms with Crippen LogP contribution in [-0.2, 0) is 0 Å². The lowest BCUT2D eigenvalue weighted by Crippen LogP contribution is -2.34. The van der Waals surface area contributed by atoms with E-state index in [0.717, 1.165) is 19.3 Å². The van der Waals surface area contributed by atoms with Crippen molar-refractivity contribution in [1.29, 1.82) is 0 Å². The summed E-state index contributed by atoms with van der Waals surface area (Å²) in [6.07, 6.45) is 3.17. The molecule has 0 radical (unpaired) electrons. The Hall–Kier alpha value is -1.69. The van der Waals surface area contributed by atoms with Crippen molar-refractivity contribution < 1.29 is 4.79 Å². The lowest BCUT2D eigenvalue weighted by Gasteiger charge is -2.17. The van der Waals surface area contributed by atoms with Crippen LogP contribution in [-0.4, -0.2) is 22.1 Å². The SMILES string of the molecule is CC1(C)CCC(NC(=O)c2ccc(NN)nn2)C1. The zero-order chi connectivity index (χ0) is 13.2. The summed E-state index contributed by atoms with van der Waals surface area (Å²) in [4.78, 5) is 11.9. The third kappa shape index (κ3) is 2.95. The van der Waals surface area contributed by atoms with Crippen molar-refractivity contribution >= 4 is 11.7 Å². The molecule has 6 nitrogen and oxygen atoms in total. The first-order valence-electron chi connectivity index (χ1n) is 6.11. The normalized spacial score (nSPS) is 21.6. The van der Waals surface area contributed by atoms with Crippen LogP contribution in [0, 0.1) is 5.41 Å². The van der Waals surface area contributed by atoms with E-state index in [-0.39, 0.29) is 11.9 Å². The van der Waals surface area contributed by atoms with E-state index < -0.39 is 0 Å². The highest BCUT2D eigenvalue weighted by atomic mass is 16.2. The number of rotatable bonds is 3. The van der Waals surface area contributed by atoms with Crippen molar-refractivity contribution in [3.63, 3.8) is 0 Å². The predicted octanol–water partition coefficient (Wildman–Crippen LogP) is 1.07. The minimum absolute atomic E-state index is 0.172. The standard InChI is InChI=1S/C12H19N5O/c1-12(2)6-5-8(7-12)14-11(18)9-3-4-10(15-13)17-16-9/h3-4,8H,5-7,13H2,1-2H3,(H,14,18)(H,15,17). The summed E-state index contributed by atoms with van der Waals surface area (Å²) < 4.78 is 0. The van der Waals surface area contributed by atoms with E-state index in [2.05, 4.69) is 34.8 Å². The summed E-state index contributed by atoms with van der Waals surface area (Å²) in [5.74, 6) is 5.45. The second kappa shape index (κ2) is 4.89. The third-order valence-corrected chi connectivity index (χ3v) is 3.35. The molecule has 98 valence electrons. The van der Waals surface area contributed by atoms with Gasteiger partial charge in [-0.25, -0.2) is 5.84 Å². The van der Waals surface area contributed by atoms with Gasteiger partial charge in [-0.1, -0.05) is 13.8 Å². The van der Waals surface area contributed by atoms with Crippen molar-refractivity contribution in [2.45, 2.75) is 39.2 Å². The number of nitrogens with two attached hydrogens (primary N) is 1. The summed E-state index contributed by atoms with van der Waals surface area (Å²) >= 11 is 0. The molecule has 1 heterocycles. The molecular formula is C12H19N5O. The fraction of sp³-hybridized carbons (Fsp3) is 0.583. The lowest BCUT2D eigenvalue weighted by atomic mass is 9.92. The number of anilines is 1. The van der Waals surface area contributed by atoms with Gasteiger partial charge in [0.25, 0.3) is 5.91 Å². The van der Waals surface area contributed by atoms with Gasteiger partial charge < -0.3 is 10.7 Å². The van der Waals surface area contributed by atoms with Crippen LogP contribution in [0.1, 0.15) is 43.6 Å². The maximum atomic E-state index is 11.9. The average Bonchev–Trinajstić information content (AvgIpc) is 2.68. The number of nitrogens with one attached hydrogen (secondary N) is 2. The molecule has 6 heteroatoms. The Labute approximate surface area is 106 Å². The van der Waals surface area contributed by atoms with E-state index >= 15 is 0 Å². The highest BCUT2D eigenvalue weighted by Gasteiger charge is 2.31. The van der Waals surface area contributed by atoms with Gasteiger partial charge in [0, 0.05) is 6.04 Å². The second-order valence-electron chi connectivity index (χ2n) is 5.53. The van der Waals surface area contributed by atoms with Crippen molar-refractivity contribution in [3.8, 4) is 0 Å². The van der Waals surface area contributed by atoms with Gasteiger partial charge in [0.1, 0.15) is 0 Å². The Morgan fingerprint density at radius 1 is 1.44 bits per heavy atom. The molecule has 1 fully saturated rings. The smallest absolute Gasteiger partial charge is 0.272 e. The molecule has 1 aliphatic carbocycles. The molecule has 0 saturated heterocycles. The van der Waals surface area contributed by atoms with Gasteiger partial charge in [0.05, 0.1) is 0 Å². The number of aromatic nitrogens is 2. The fourth-order valence-corrected chi connectivity index (χ4v) is 2.35. The Balaban J connectivity index is 1.95. The minimum Gasteiger partial charge on any atom is -0.348 e. The van der Waals surface area contributed by atoms with Crippen molar-refractivity contribution in [3.05, 3.63) is 17.8 Å². The lowest BCUT2D eigenvalue weighted by molar-refractivity contribution is 0.0930. The van der Waals surface area contributed by atoms with E-state index in [1.165, 1.54) is 0 Å². The van der Waals surface area contributed by atoms with E-state index in [1.807, 2.05) is 0 Å². The average molecular weight is 249 g/mol. The highest BCUT2D eigenvalue weighted by Crippen LogP contribution is 2.36. The maximum Gasteiger partial charge on any atom is 0.272 e. The van der Waals surface area contributed by atoms with Gasteiger partial charge in [0.15, 0.2) is 11.5 Å². The molecule has 0 aliphatic heterocycles. The number of hydrogen-bond acceptors (Lipinski definition) is 5. The van der Waals surface area contributed by atoms with Gasteiger partial charge in [0.2, 0.25) is 0 Å². The van der Waals surface area contributed by atoms with Gasteiger partial charge >= 0.3 is 0 Å². The Morgan fingerprint density at radius 3 is 2.72 bits per heavy atom. The van der Waals surface area contributed by atoms with Crippen molar-refractivity contribution in [2.24, 2.45) is 11.3 Å². The van der Waals surface area contributed by atoms with Gasteiger partial charge in [-0.05, 0) is 36.8 Å². The highest BCUT2D eigenvalue weighted by molar-refractivity contribution is 5.92. The van der Waals surface area contributed by atoms with Crippen LogP contribution in [0.25, 0.3) is 0 Å². The molecule has 18 heavy (non-hydrogen) atoms. The number of hydrogen-bond donors (Lipinski definition) is 3. The molecule has 1 atom stereocenters. The predicted molar refractivity (Wildman–Crippen MR) is 68.7 cm³/mol. The van der Waals surface area contributed by atoms with Crippen LogP contribution >= 0.6 is 0 Å². The van der Waals surface area contributed by atoms with E-state index in [9.17, 15) is 4.79 Å². The first-order valence-corrected chi connectivity index (χ1v) is 6.11. The topological polar surface area (TPSA) is 92.9 Å². The van der Waals surface area contributed by atoms with Gasteiger partial charge in [-0.2, -0.15) is 0 Å². The van der Waals surface area contributed by atoms with E-state index in [1.54, 1.807) is 12.1 Å². The molecule has 1 aromatic rings. The molecule has 2 rings (SSSR count). The molecule has 1 aliphatic rings. The van der Waals surface area contributed by atoms with E-state index in [4.69, 9.17) is 5.84 Å². The summed E-state index contributed by atoms with van der Waals surface area (Å²) in [5.41, 5.74) is 3.01. The van der Waals surface area contributed by atoms with Gasteiger partial charge in [-0.15, -0.1) is 10.2 Å². The van der Waals surface area contributed by atoms with Crippen LogP contribution in [0.4, 0.5) is 5.82 Å². The molecule has 0 spiro atoms. The summed E-state index contributed by atoms with van der Waals surface area (Å²) in [7, 11) is 0. The van der Waals surface area contributed by atoms with Crippen LogP contribution in [0.2, 0.25) is 0 Å². The van der Waals surface area contributed by atoms with Crippen LogP contribution in [0.5, 0.6) is 0 Å². The zero-order valence-corrected chi connectivity index (χ0v) is 10.7. The molecule has 0 bridgehead atoms. The number of hydrazine groups is 1. The summed E-state index contributed by atoms with van der Waals surface area (Å²) in [5, 5.41) is 10.6. The molecule has 1 saturated carbocycles. The molecule has 1 aromatic heterocycles. The first-order chi connectivity index (χ1) is 8.50. The minimum atomic E-state index is -0.172. The monoisotopic (exact) mass is 249 g/mol. The molecule has 4 N–H and O–H groups in total. The second-order valence-corrected chi connectivity index (χ2v) is 5.53. The Bertz CT molecular complexity index is 429. The van der Waals surface area contributed by atoms with Gasteiger partial charge in [-0.3, -0.25) is 4.79 Å². The largest absolute Gasteiger partial charge is 0.348 e. The number of nitrogens with zero attached hydrogens (tertiary/aromatic N) is 2. The summed E-state index contributed by atoms with van der Waals surface area (Å²) in [6.45, 7) is 4.45. The van der Waals surface area contributed by atoms with E-state index in [0.29, 0.717) is 16.9 Å². The quantitative estimate of drug-likeness (QED) is 0.550. The fourth-order valence-electron chi connectivity index (χ4n) is 2.35. The Kier molecular flexibility index (Phi) is 3.47. The maximum absolute atomic E-state index is 11.9. The Morgan fingerprint density at radius 2 is 2.22 bits per heavy atom. The molecular weight excluding hydrogens is 230 g/mol. The first kappa shape index (κ1) is 12.8. The molecule has 1 unspecified atom stereocenters. The molecule has 1 amide bonds. The van der Waals surface area contributed by atoms with Crippen molar-refractivity contribution in [1.82, 2.24) is 15.5 Å².